The van der Waals surface area contributed by atoms with Gasteiger partial charge in [0.25, 0.3) is 0 Å². The molecule has 1 saturated heterocycles. The van der Waals surface area contributed by atoms with Gasteiger partial charge < -0.3 is 19.4 Å². The summed E-state index contributed by atoms with van der Waals surface area (Å²) in [5, 5.41) is 0. The SMILES string of the molecule is CC(C)(C)c1cc(-c2c3nc(c(/C=C/C=C/C4OCCO4)c4nc(c(-c5cc(C(C)(C)C)cc(C(C)(C)C)c5)c5ccc([nH]5)c(-c5cc(C(C)(C)C)cc(C(C)(C)C)c5)c5ccc2[nH]5)C=C4)C=C3)cc(C(C)(C)C)c1. The molecule has 0 saturated carbocycles. The van der Waals surface area contributed by atoms with Gasteiger partial charge in [-0.2, -0.15) is 0 Å². The number of nitrogens with zero attached hydrogens (tertiary/aromatic N) is 2. The Hall–Kier alpha value is -6.34. The third-order valence-electron chi connectivity index (χ3n) is 14.9. The van der Waals surface area contributed by atoms with Crippen LogP contribution < -0.4 is 0 Å². The Morgan fingerprint density at radius 1 is 0.387 bits per heavy atom. The van der Waals surface area contributed by atoms with E-state index in [9.17, 15) is 0 Å². The van der Waals surface area contributed by atoms with Gasteiger partial charge in [0.2, 0.25) is 0 Å². The normalized spacial score (nSPS) is 15.1. The van der Waals surface area contributed by atoms with E-state index in [0.717, 1.165) is 83.8 Å². The minimum atomic E-state index is -0.362. The van der Waals surface area contributed by atoms with E-state index in [1.54, 1.807) is 0 Å². The molecule has 0 amide bonds. The van der Waals surface area contributed by atoms with E-state index in [1.165, 1.54) is 33.4 Å². The number of nitrogens with one attached hydrogen (secondary N) is 2. The first-order chi connectivity index (χ1) is 34.9. The van der Waals surface area contributed by atoms with Crippen molar-refractivity contribution in [3.8, 4) is 33.4 Å². The number of hydrogen-bond acceptors (Lipinski definition) is 4. The van der Waals surface area contributed by atoms with Gasteiger partial charge in [-0.05, 0) is 137 Å². The van der Waals surface area contributed by atoms with Crippen LogP contribution in [0.3, 0.4) is 0 Å². The molecule has 9 rings (SSSR count). The molecule has 6 nitrogen and oxygen atoms in total. The van der Waals surface area contributed by atoms with Gasteiger partial charge in [0.1, 0.15) is 0 Å². The number of allylic oxidation sites excluding steroid dienone is 2. The molecule has 3 aromatic heterocycles. The number of benzene rings is 3. The number of ether oxygens (including phenoxy) is 2. The Kier molecular flexibility index (Phi) is 13.8. The van der Waals surface area contributed by atoms with Crippen molar-refractivity contribution in [1.82, 2.24) is 19.9 Å². The average Bonchev–Trinajstić information content (AvgIpc) is 4.18. The smallest absolute Gasteiger partial charge is 0.177 e. The standard InChI is InChI=1S/C69H82N4O2/c1-64(2,3)45-33-42(34-46(39-45)65(4,5)6)61-54-25-23-52(70-54)51(21-19-20-22-60-74-31-32-75-60)53-24-26-55(71-53)62(43-35-47(66(7,8)9)40-48(36-43)67(10,11)12)57-28-30-59(73-57)63(58-29-27-56(61)72-58)44-37-49(68(13,14)15)41-50(38-44)69(16,17)18/h19-30,33-41,60,72-73H,31-32H2,1-18H3/b21-19+,22-20+,52-51?,53-51?,61-54?,61-56?,62-55?,62-57?,63-58?,63-59?. The second-order valence-electron chi connectivity index (χ2n) is 27.3. The second kappa shape index (κ2) is 19.3. The van der Waals surface area contributed by atoms with Gasteiger partial charge in [0, 0.05) is 44.3 Å². The summed E-state index contributed by atoms with van der Waals surface area (Å²) in [5.41, 5.74) is 22.1. The van der Waals surface area contributed by atoms with Crippen molar-refractivity contribution in [3.05, 3.63) is 159 Å². The van der Waals surface area contributed by atoms with Crippen molar-refractivity contribution in [2.24, 2.45) is 0 Å². The summed E-state index contributed by atoms with van der Waals surface area (Å²) in [6.07, 6.45) is 16.4. The predicted octanol–water partition coefficient (Wildman–Crippen LogP) is 18.4. The van der Waals surface area contributed by atoms with Crippen LogP contribution in [-0.2, 0) is 42.0 Å². The van der Waals surface area contributed by atoms with Crippen molar-refractivity contribution in [2.45, 2.75) is 163 Å². The Balaban J connectivity index is 1.48. The van der Waals surface area contributed by atoms with Crippen LogP contribution in [-0.4, -0.2) is 39.4 Å². The minimum absolute atomic E-state index is 0.0906. The van der Waals surface area contributed by atoms with Crippen LogP contribution in [0.25, 0.3) is 85.8 Å². The molecule has 3 aliphatic rings. The van der Waals surface area contributed by atoms with Gasteiger partial charge in [-0.3, -0.25) is 0 Å². The number of hydrogen-bond donors (Lipinski definition) is 2. The fourth-order valence-electron chi connectivity index (χ4n) is 10.0. The zero-order valence-electron chi connectivity index (χ0n) is 48.3. The first-order valence-corrected chi connectivity index (χ1v) is 27.2. The van der Waals surface area contributed by atoms with Crippen molar-refractivity contribution in [1.29, 1.82) is 0 Å². The summed E-state index contributed by atoms with van der Waals surface area (Å²) in [5.74, 6) is 0. The fourth-order valence-corrected chi connectivity index (χ4v) is 10.0. The molecule has 390 valence electrons. The van der Waals surface area contributed by atoms with Crippen LogP contribution >= 0.6 is 0 Å². The molecule has 6 aromatic rings. The number of aromatic nitrogens is 4. The molecule has 1 fully saturated rings. The lowest BCUT2D eigenvalue weighted by atomic mass is 9.78. The largest absolute Gasteiger partial charge is 0.354 e. The molecular formula is C69H82N4O2. The highest BCUT2D eigenvalue weighted by Crippen LogP contribution is 2.43. The number of aromatic amines is 2. The number of rotatable bonds is 6. The molecular weight excluding hydrogens is 917 g/mol. The van der Waals surface area contributed by atoms with Crippen LogP contribution in [0.1, 0.15) is 186 Å². The Morgan fingerprint density at radius 3 is 1.00 bits per heavy atom. The lowest BCUT2D eigenvalue weighted by molar-refractivity contribution is -0.00152. The van der Waals surface area contributed by atoms with Crippen LogP contribution in [0.4, 0.5) is 0 Å². The minimum Gasteiger partial charge on any atom is -0.354 e. The van der Waals surface area contributed by atoms with Gasteiger partial charge >= 0.3 is 0 Å². The van der Waals surface area contributed by atoms with Gasteiger partial charge in [-0.15, -0.1) is 0 Å². The molecule has 6 heterocycles. The summed E-state index contributed by atoms with van der Waals surface area (Å²) in [4.78, 5) is 19.4. The van der Waals surface area contributed by atoms with Crippen molar-refractivity contribution < 1.29 is 9.47 Å². The van der Waals surface area contributed by atoms with E-state index in [-0.39, 0.29) is 38.8 Å². The van der Waals surface area contributed by atoms with Crippen molar-refractivity contribution in [3.63, 3.8) is 0 Å². The average molecular weight is 999 g/mol. The Labute approximate surface area is 448 Å². The van der Waals surface area contributed by atoms with Crippen LogP contribution in [0.15, 0.2) is 97.1 Å². The van der Waals surface area contributed by atoms with E-state index < -0.39 is 0 Å². The summed E-state index contributed by atoms with van der Waals surface area (Å²) < 4.78 is 11.5. The molecule has 0 aliphatic carbocycles. The molecule has 6 heteroatoms. The summed E-state index contributed by atoms with van der Waals surface area (Å²) in [6.45, 7) is 42.7. The maximum absolute atomic E-state index is 5.75. The number of fused-ring (bicyclic) bond motifs is 8. The zero-order chi connectivity index (χ0) is 54.2. The molecule has 0 atom stereocenters. The summed E-state index contributed by atoms with van der Waals surface area (Å²) >= 11 is 0. The summed E-state index contributed by atoms with van der Waals surface area (Å²) in [6, 6.07) is 30.6. The molecule has 8 bridgehead atoms. The number of H-pyrrole nitrogens is 2. The van der Waals surface area contributed by atoms with Gasteiger partial charge in [-0.1, -0.05) is 197 Å². The molecule has 0 unspecified atom stereocenters. The lowest BCUT2D eigenvalue weighted by Crippen LogP contribution is -2.16. The first-order valence-electron chi connectivity index (χ1n) is 27.2. The monoisotopic (exact) mass is 999 g/mol. The van der Waals surface area contributed by atoms with Crippen molar-refractivity contribution in [2.75, 3.05) is 13.2 Å². The molecule has 2 N–H and O–H groups in total. The highest BCUT2D eigenvalue weighted by molar-refractivity contribution is 6.00. The van der Waals surface area contributed by atoms with Gasteiger partial charge in [-0.25, -0.2) is 9.97 Å². The zero-order valence-corrected chi connectivity index (χ0v) is 48.3. The second-order valence-corrected chi connectivity index (χ2v) is 27.3. The van der Waals surface area contributed by atoms with Crippen LogP contribution in [0.2, 0.25) is 0 Å². The lowest BCUT2D eigenvalue weighted by Gasteiger charge is -2.26. The third kappa shape index (κ3) is 11.4. The Bertz CT molecular complexity index is 3210. The molecule has 0 spiro atoms. The van der Waals surface area contributed by atoms with Crippen LogP contribution in [0, 0.1) is 0 Å². The van der Waals surface area contributed by atoms with E-state index in [0.29, 0.717) is 13.2 Å². The molecule has 0 radical (unpaired) electrons. The maximum atomic E-state index is 5.75. The van der Waals surface area contributed by atoms with E-state index in [4.69, 9.17) is 19.4 Å². The molecule has 75 heavy (non-hydrogen) atoms. The highest BCUT2D eigenvalue weighted by Gasteiger charge is 2.27. The topological polar surface area (TPSA) is 75.8 Å². The molecule has 3 aromatic carbocycles. The maximum Gasteiger partial charge on any atom is 0.177 e. The fraction of sp³-hybridized carbons (Fsp3) is 0.391. The van der Waals surface area contributed by atoms with Gasteiger partial charge in [0.15, 0.2) is 6.29 Å². The van der Waals surface area contributed by atoms with E-state index in [1.807, 2.05) is 18.2 Å². The van der Waals surface area contributed by atoms with E-state index in [2.05, 4.69) is 244 Å². The quantitative estimate of drug-likeness (QED) is 0.163. The molecule has 3 aliphatic heterocycles. The Morgan fingerprint density at radius 2 is 0.680 bits per heavy atom. The van der Waals surface area contributed by atoms with Crippen molar-refractivity contribution >= 4 is 52.4 Å². The van der Waals surface area contributed by atoms with Crippen LogP contribution in [0.5, 0.6) is 0 Å². The third-order valence-corrected chi connectivity index (χ3v) is 14.9. The first kappa shape index (κ1) is 53.5. The van der Waals surface area contributed by atoms with E-state index >= 15 is 0 Å². The highest BCUT2D eigenvalue weighted by atomic mass is 16.7. The predicted molar refractivity (Wildman–Crippen MR) is 321 cm³/mol. The van der Waals surface area contributed by atoms with Gasteiger partial charge in [0.05, 0.1) is 36.0 Å². The summed E-state index contributed by atoms with van der Waals surface area (Å²) in [7, 11) is 0.